The van der Waals surface area contributed by atoms with Crippen molar-refractivity contribution in [3.8, 4) is 0 Å². The van der Waals surface area contributed by atoms with Crippen LogP contribution in [0.2, 0.25) is 0 Å². The summed E-state index contributed by atoms with van der Waals surface area (Å²) in [6.07, 6.45) is 13.7. The molecule has 0 heterocycles. The van der Waals surface area contributed by atoms with Gasteiger partial charge in [-0.1, -0.05) is 100 Å². The fraction of sp³-hybridized carbons (Fsp3) is 0.571. The molecule has 4 atom stereocenters. The third-order valence-corrected chi connectivity index (χ3v) is 10.2. The lowest BCUT2D eigenvalue weighted by Gasteiger charge is -2.52. The molecule has 0 amide bonds. The summed E-state index contributed by atoms with van der Waals surface area (Å²) in [5.74, 6) is 1.59. The van der Waals surface area contributed by atoms with Gasteiger partial charge in [-0.25, -0.2) is 0 Å². The van der Waals surface area contributed by atoms with E-state index in [-0.39, 0.29) is 0 Å². The van der Waals surface area contributed by atoms with Gasteiger partial charge in [0.25, 0.3) is 0 Å². The van der Waals surface area contributed by atoms with Gasteiger partial charge in [0, 0.05) is 9.49 Å². The van der Waals surface area contributed by atoms with E-state index >= 15 is 0 Å². The monoisotopic (exact) mass is 406 g/mol. The second kappa shape index (κ2) is 9.29. The highest BCUT2D eigenvalue weighted by Crippen LogP contribution is 2.57. The summed E-state index contributed by atoms with van der Waals surface area (Å²) in [5.41, 5.74) is 3.07. The van der Waals surface area contributed by atoms with Crippen molar-refractivity contribution in [2.45, 2.75) is 87.5 Å². The number of benzene rings is 2. The van der Waals surface area contributed by atoms with Crippen LogP contribution in [0.3, 0.4) is 0 Å². The summed E-state index contributed by atoms with van der Waals surface area (Å²) < 4.78 is 0.778. The minimum Gasteiger partial charge on any atom is -0.147 e. The highest BCUT2D eigenvalue weighted by atomic mass is 32.2. The predicted molar refractivity (Wildman–Crippen MR) is 129 cm³/mol. The first-order valence-corrected chi connectivity index (χ1v) is 12.7. The predicted octanol–water partition coefficient (Wildman–Crippen LogP) is 8.10. The minimum atomic E-state index is 0.389. The largest absolute Gasteiger partial charge is 0.147 e. The molecule has 0 saturated heterocycles. The Balaban J connectivity index is 1.68. The fourth-order valence-corrected chi connectivity index (χ4v) is 8.37. The van der Waals surface area contributed by atoms with E-state index < -0.39 is 0 Å². The molecule has 0 nitrogen and oxygen atoms in total. The molecule has 29 heavy (non-hydrogen) atoms. The van der Waals surface area contributed by atoms with Gasteiger partial charge in [0.05, 0.1) is 0 Å². The van der Waals surface area contributed by atoms with Crippen LogP contribution in [-0.2, 0) is 12.8 Å². The molecule has 0 aromatic heterocycles. The normalized spacial score (nSPS) is 32.8. The molecule has 2 fully saturated rings. The van der Waals surface area contributed by atoms with Crippen LogP contribution >= 0.6 is 11.8 Å². The Morgan fingerprint density at radius 2 is 1.07 bits per heavy atom. The van der Waals surface area contributed by atoms with Crippen LogP contribution in [0.15, 0.2) is 60.7 Å². The van der Waals surface area contributed by atoms with Crippen LogP contribution in [-0.4, -0.2) is 9.49 Å². The SMILES string of the molecule is CC1CCCCC1(Cc1ccccc1)SC1(Cc2ccccc2)CCCCC1C. The molecule has 156 valence electrons. The van der Waals surface area contributed by atoms with Crippen molar-refractivity contribution in [1.29, 1.82) is 0 Å². The molecule has 0 radical (unpaired) electrons. The van der Waals surface area contributed by atoms with Crippen LogP contribution in [0, 0.1) is 11.8 Å². The topological polar surface area (TPSA) is 0 Å². The molecule has 2 aliphatic rings. The Bertz CT molecular complexity index is 689. The standard InChI is InChI=1S/C28H38S/c1-23-13-9-11-19-27(23,21-25-15-5-3-6-16-25)29-28(20-12-10-14-24(28)2)22-26-17-7-4-8-18-26/h3-8,15-18,23-24H,9-14,19-22H2,1-2H3. The average Bonchev–Trinajstić information content (AvgIpc) is 2.74. The third kappa shape index (κ3) is 4.76. The maximum Gasteiger partial charge on any atom is 0.0231 e. The molecule has 2 aromatic rings. The molecular weight excluding hydrogens is 368 g/mol. The van der Waals surface area contributed by atoms with E-state index in [0.29, 0.717) is 9.49 Å². The molecule has 0 N–H and O–H groups in total. The Kier molecular flexibility index (Phi) is 6.74. The lowest BCUT2D eigenvalue weighted by atomic mass is 9.75. The molecule has 0 aliphatic heterocycles. The first-order chi connectivity index (χ1) is 14.1. The van der Waals surface area contributed by atoms with Crippen molar-refractivity contribution in [2.24, 2.45) is 11.8 Å². The van der Waals surface area contributed by atoms with Gasteiger partial charge in [-0.2, -0.15) is 0 Å². The molecule has 2 aliphatic carbocycles. The van der Waals surface area contributed by atoms with Gasteiger partial charge in [-0.15, -0.1) is 11.8 Å². The quantitative estimate of drug-likeness (QED) is 0.467. The van der Waals surface area contributed by atoms with E-state index in [0.717, 1.165) is 11.8 Å². The Morgan fingerprint density at radius 3 is 1.45 bits per heavy atom. The van der Waals surface area contributed by atoms with Gasteiger partial charge < -0.3 is 0 Å². The second-order valence-electron chi connectivity index (χ2n) is 9.85. The summed E-state index contributed by atoms with van der Waals surface area (Å²) in [5, 5.41) is 0. The van der Waals surface area contributed by atoms with Gasteiger partial charge in [-0.05, 0) is 61.5 Å². The molecule has 4 rings (SSSR count). The molecule has 0 bridgehead atoms. The van der Waals surface area contributed by atoms with Crippen molar-refractivity contribution in [2.75, 3.05) is 0 Å². The molecular formula is C28H38S. The summed E-state index contributed by atoms with van der Waals surface area (Å²) in [7, 11) is 0. The van der Waals surface area contributed by atoms with E-state index in [2.05, 4.69) is 86.3 Å². The van der Waals surface area contributed by atoms with Gasteiger partial charge in [0.2, 0.25) is 0 Å². The van der Waals surface area contributed by atoms with Crippen molar-refractivity contribution in [3.63, 3.8) is 0 Å². The lowest BCUT2D eigenvalue weighted by molar-refractivity contribution is 0.261. The summed E-state index contributed by atoms with van der Waals surface area (Å²) >= 11 is 2.44. The van der Waals surface area contributed by atoms with Crippen molar-refractivity contribution >= 4 is 11.8 Å². The average molecular weight is 407 g/mol. The van der Waals surface area contributed by atoms with Gasteiger partial charge in [-0.3, -0.25) is 0 Å². The first kappa shape index (κ1) is 21.0. The summed E-state index contributed by atoms with van der Waals surface area (Å²) in [4.78, 5) is 0. The summed E-state index contributed by atoms with van der Waals surface area (Å²) in [6.45, 7) is 5.11. The Hall–Kier alpha value is -1.21. The van der Waals surface area contributed by atoms with E-state index in [4.69, 9.17) is 0 Å². The fourth-order valence-electron chi connectivity index (χ4n) is 5.96. The van der Waals surface area contributed by atoms with Crippen LogP contribution in [0.4, 0.5) is 0 Å². The van der Waals surface area contributed by atoms with E-state index in [1.807, 2.05) is 0 Å². The van der Waals surface area contributed by atoms with Crippen molar-refractivity contribution in [1.82, 2.24) is 0 Å². The number of thioether (sulfide) groups is 1. The zero-order chi connectivity index (χ0) is 20.2. The lowest BCUT2D eigenvalue weighted by Crippen LogP contribution is -2.48. The summed E-state index contributed by atoms with van der Waals surface area (Å²) in [6, 6.07) is 22.7. The van der Waals surface area contributed by atoms with Gasteiger partial charge in [0.15, 0.2) is 0 Å². The minimum absolute atomic E-state index is 0.389. The van der Waals surface area contributed by atoms with Gasteiger partial charge >= 0.3 is 0 Å². The number of hydrogen-bond donors (Lipinski definition) is 0. The third-order valence-electron chi connectivity index (χ3n) is 7.87. The van der Waals surface area contributed by atoms with Crippen molar-refractivity contribution in [3.05, 3.63) is 71.8 Å². The highest BCUT2D eigenvalue weighted by molar-refractivity contribution is 8.02. The second-order valence-corrected chi connectivity index (χ2v) is 11.7. The maximum atomic E-state index is 2.55. The maximum absolute atomic E-state index is 2.55. The smallest absolute Gasteiger partial charge is 0.0231 e. The molecule has 2 aromatic carbocycles. The number of rotatable bonds is 6. The van der Waals surface area contributed by atoms with Crippen LogP contribution in [0.5, 0.6) is 0 Å². The van der Waals surface area contributed by atoms with E-state index in [1.165, 1.54) is 75.3 Å². The zero-order valence-electron chi connectivity index (χ0n) is 18.4. The van der Waals surface area contributed by atoms with Crippen LogP contribution < -0.4 is 0 Å². The molecule has 0 spiro atoms. The van der Waals surface area contributed by atoms with Gasteiger partial charge in [0.1, 0.15) is 0 Å². The molecule has 4 unspecified atom stereocenters. The zero-order valence-corrected chi connectivity index (χ0v) is 19.2. The van der Waals surface area contributed by atoms with Crippen LogP contribution in [0.1, 0.15) is 76.3 Å². The van der Waals surface area contributed by atoms with E-state index in [9.17, 15) is 0 Å². The van der Waals surface area contributed by atoms with Crippen molar-refractivity contribution < 1.29 is 0 Å². The number of hydrogen-bond acceptors (Lipinski definition) is 1. The van der Waals surface area contributed by atoms with Crippen LogP contribution in [0.25, 0.3) is 0 Å². The molecule has 2 saturated carbocycles. The first-order valence-electron chi connectivity index (χ1n) is 11.9. The Morgan fingerprint density at radius 1 is 0.655 bits per heavy atom. The highest BCUT2D eigenvalue weighted by Gasteiger charge is 2.48. The Labute approximate surface area is 182 Å². The van der Waals surface area contributed by atoms with E-state index in [1.54, 1.807) is 0 Å². The molecule has 1 heteroatoms.